The van der Waals surface area contributed by atoms with Crippen molar-refractivity contribution in [2.75, 3.05) is 13.2 Å². The molecule has 0 aromatic carbocycles. The molecule has 72 valence electrons. The number of hydrogen-bond donors (Lipinski definition) is 0. The van der Waals surface area contributed by atoms with Gasteiger partial charge in [-0.25, -0.2) is 13.5 Å². The lowest BCUT2D eigenvalue weighted by Gasteiger charge is -2.15. The van der Waals surface area contributed by atoms with Crippen molar-refractivity contribution in [3.63, 3.8) is 0 Å². The van der Waals surface area contributed by atoms with Gasteiger partial charge in [0.2, 0.25) is 0 Å². The van der Waals surface area contributed by atoms with Crippen molar-refractivity contribution in [3.8, 4) is 0 Å². The summed E-state index contributed by atoms with van der Waals surface area (Å²) >= 11 is 0. The van der Waals surface area contributed by atoms with Crippen LogP contribution >= 0.6 is 0 Å². The van der Waals surface area contributed by atoms with Crippen LogP contribution < -0.4 is 0 Å². The van der Waals surface area contributed by atoms with E-state index in [1.807, 2.05) is 0 Å². The second kappa shape index (κ2) is 2.73. The van der Waals surface area contributed by atoms with E-state index in [1.54, 1.807) is 6.92 Å². The Morgan fingerprint density at radius 3 is 2.92 bits per heavy atom. The highest BCUT2D eigenvalue weighted by Crippen LogP contribution is 2.34. The molecule has 1 saturated heterocycles. The molecule has 13 heavy (non-hydrogen) atoms. The Morgan fingerprint density at radius 2 is 2.46 bits per heavy atom. The van der Waals surface area contributed by atoms with Gasteiger partial charge in [-0.3, -0.25) is 0 Å². The predicted octanol–water partition coefficient (Wildman–Crippen LogP) is 0.793. The van der Waals surface area contributed by atoms with Crippen LogP contribution in [-0.4, -0.2) is 34.1 Å². The van der Waals surface area contributed by atoms with Crippen molar-refractivity contribution in [3.05, 3.63) is 11.9 Å². The van der Waals surface area contributed by atoms with E-state index in [1.165, 1.54) is 10.9 Å². The molecular formula is C7H9F2N3O. The third kappa shape index (κ3) is 1.41. The molecule has 6 heteroatoms. The maximum absolute atomic E-state index is 13.1. The highest BCUT2D eigenvalue weighted by molar-refractivity contribution is 4.93. The molecule has 0 radical (unpaired) electrons. The van der Waals surface area contributed by atoms with Crippen LogP contribution in [-0.2, 0) is 4.74 Å². The minimum atomic E-state index is -2.83. The van der Waals surface area contributed by atoms with Crippen LogP contribution in [0.3, 0.4) is 0 Å². The number of aromatic nitrogens is 3. The molecule has 0 N–H and O–H groups in total. The maximum Gasteiger partial charge on any atom is 0.295 e. The summed E-state index contributed by atoms with van der Waals surface area (Å²) in [7, 11) is 0. The van der Waals surface area contributed by atoms with Gasteiger partial charge >= 0.3 is 0 Å². The molecule has 4 nitrogen and oxygen atoms in total. The molecule has 1 aromatic rings. The summed E-state index contributed by atoms with van der Waals surface area (Å²) in [5, 5.41) is 7.25. The number of nitrogens with zero attached hydrogens (tertiary/aromatic N) is 3. The van der Waals surface area contributed by atoms with Gasteiger partial charge in [-0.15, -0.1) is 5.10 Å². The number of ether oxygens (including phenoxy) is 1. The highest BCUT2D eigenvalue weighted by atomic mass is 19.3. The summed E-state index contributed by atoms with van der Waals surface area (Å²) in [5.41, 5.74) is 0.628. The topological polar surface area (TPSA) is 39.9 Å². The van der Waals surface area contributed by atoms with E-state index >= 15 is 0 Å². The average Bonchev–Trinajstić information content (AvgIpc) is 2.56. The van der Waals surface area contributed by atoms with Crippen LogP contribution in [0.15, 0.2) is 6.20 Å². The summed E-state index contributed by atoms with van der Waals surface area (Å²) in [5.74, 6) is -2.83. The highest BCUT2D eigenvalue weighted by Gasteiger charge is 2.47. The van der Waals surface area contributed by atoms with E-state index in [9.17, 15) is 8.78 Å². The molecule has 1 aliphatic heterocycles. The zero-order chi connectivity index (χ0) is 9.47. The van der Waals surface area contributed by atoms with Gasteiger partial charge in [0.25, 0.3) is 5.92 Å². The number of halogens is 2. The first-order chi connectivity index (χ1) is 6.09. The van der Waals surface area contributed by atoms with Crippen LogP contribution in [0, 0.1) is 6.92 Å². The molecule has 1 atom stereocenters. The molecule has 2 heterocycles. The first-order valence-corrected chi connectivity index (χ1v) is 3.93. The lowest BCUT2D eigenvalue weighted by molar-refractivity contribution is -0.0353. The average molecular weight is 189 g/mol. The third-order valence-electron chi connectivity index (χ3n) is 2.00. The van der Waals surface area contributed by atoms with Gasteiger partial charge in [-0.1, -0.05) is 5.21 Å². The summed E-state index contributed by atoms with van der Waals surface area (Å²) in [4.78, 5) is 0. The summed E-state index contributed by atoms with van der Waals surface area (Å²) in [6.07, 6.45) is 1.49. The number of alkyl halides is 2. The van der Waals surface area contributed by atoms with Gasteiger partial charge in [0.05, 0.1) is 12.3 Å². The summed E-state index contributed by atoms with van der Waals surface area (Å²) in [6, 6.07) is -1.01. The molecule has 0 saturated carbocycles. The Balaban J connectivity index is 2.26. The Hall–Kier alpha value is -1.04. The molecule has 1 aromatic heterocycles. The van der Waals surface area contributed by atoms with E-state index in [0.717, 1.165) is 0 Å². The molecular weight excluding hydrogens is 180 g/mol. The van der Waals surface area contributed by atoms with Crippen molar-refractivity contribution in [2.45, 2.75) is 18.9 Å². The van der Waals surface area contributed by atoms with Crippen LogP contribution in [0.1, 0.15) is 11.7 Å². The standard InChI is InChI=1S/C7H9F2N3O/c1-5-2-12(11-10-5)6-3-13-4-7(6,8)9/h2,6H,3-4H2,1H3/t6-/m1/s1. The second-order valence-electron chi connectivity index (χ2n) is 3.13. The minimum Gasteiger partial charge on any atom is -0.373 e. The van der Waals surface area contributed by atoms with E-state index < -0.39 is 18.6 Å². The van der Waals surface area contributed by atoms with E-state index in [4.69, 9.17) is 4.74 Å². The van der Waals surface area contributed by atoms with Crippen molar-refractivity contribution in [1.82, 2.24) is 15.0 Å². The zero-order valence-corrected chi connectivity index (χ0v) is 7.07. The molecule has 0 bridgehead atoms. The second-order valence-corrected chi connectivity index (χ2v) is 3.13. The Kier molecular flexibility index (Phi) is 1.80. The first kappa shape index (κ1) is 8.55. The predicted molar refractivity (Wildman–Crippen MR) is 39.6 cm³/mol. The van der Waals surface area contributed by atoms with E-state index in [-0.39, 0.29) is 6.61 Å². The van der Waals surface area contributed by atoms with Gasteiger partial charge in [0.1, 0.15) is 12.6 Å². The molecule has 1 aliphatic rings. The first-order valence-electron chi connectivity index (χ1n) is 3.93. The molecule has 0 amide bonds. The van der Waals surface area contributed by atoms with Gasteiger partial charge in [0, 0.05) is 6.20 Å². The smallest absolute Gasteiger partial charge is 0.295 e. The quantitative estimate of drug-likeness (QED) is 0.655. The number of hydrogen-bond acceptors (Lipinski definition) is 3. The van der Waals surface area contributed by atoms with Crippen LogP contribution in [0.4, 0.5) is 8.78 Å². The Labute approximate surface area is 73.5 Å². The van der Waals surface area contributed by atoms with Crippen molar-refractivity contribution >= 4 is 0 Å². The van der Waals surface area contributed by atoms with Crippen LogP contribution in [0.5, 0.6) is 0 Å². The van der Waals surface area contributed by atoms with Gasteiger partial charge < -0.3 is 4.74 Å². The van der Waals surface area contributed by atoms with Crippen LogP contribution in [0.25, 0.3) is 0 Å². The molecule has 1 fully saturated rings. The molecule has 2 rings (SSSR count). The zero-order valence-electron chi connectivity index (χ0n) is 7.07. The van der Waals surface area contributed by atoms with Crippen molar-refractivity contribution in [2.24, 2.45) is 0 Å². The largest absolute Gasteiger partial charge is 0.373 e. The van der Waals surface area contributed by atoms with Gasteiger partial charge in [-0.2, -0.15) is 0 Å². The lowest BCUT2D eigenvalue weighted by atomic mass is 10.2. The lowest BCUT2D eigenvalue weighted by Crippen LogP contribution is -2.29. The summed E-state index contributed by atoms with van der Waals surface area (Å²) < 4.78 is 32.0. The molecule has 0 spiro atoms. The SMILES string of the molecule is Cc1cn([C@@H]2COCC2(F)F)nn1. The monoisotopic (exact) mass is 189 g/mol. The fraction of sp³-hybridized carbons (Fsp3) is 0.714. The minimum absolute atomic E-state index is 0.00417. The van der Waals surface area contributed by atoms with Crippen LogP contribution in [0.2, 0.25) is 0 Å². The fourth-order valence-electron chi connectivity index (χ4n) is 1.31. The summed E-state index contributed by atoms with van der Waals surface area (Å²) in [6.45, 7) is 1.17. The maximum atomic E-state index is 13.1. The number of aryl methyl sites for hydroxylation is 1. The number of rotatable bonds is 1. The third-order valence-corrected chi connectivity index (χ3v) is 2.00. The Morgan fingerprint density at radius 1 is 1.69 bits per heavy atom. The van der Waals surface area contributed by atoms with Gasteiger partial charge in [-0.05, 0) is 6.92 Å². The van der Waals surface area contributed by atoms with Gasteiger partial charge in [0.15, 0.2) is 0 Å². The normalized spacial score (nSPS) is 26.5. The fourth-order valence-corrected chi connectivity index (χ4v) is 1.31. The van der Waals surface area contributed by atoms with E-state index in [2.05, 4.69) is 10.3 Å². The molecule has 0 unspecified atom stereocenters. The van der Waals surface area contributed by atoms with E-state index in [0.29, 0.717) is 5.69 Å². The van der Waals surface area contributed by atoms with Crippen molar-refractivity contribution < 1.29 is 13.5 Å². The Bertz CT molecular complexity index is 312. The van der Waals surface area contributed by atoms with Crippen molar-refractivity contribution in [1.29, 1.82) is 0 Å². The molecule has 0 aliphatic carbocycles.